The molecule has 0 aliphatic heterocycles. The van der Waals surface area contributed by atoms with Crippen LogP contribution in [0.1, 0.15) is 19.0 Å². The monoisotopic (exact) mass is 210 g/mol. The van der Waals surface area contributed by atoms with Crippen molar-refractivity contribution in [2.24, 2.45) is 5.92 Å². The van der Waals surface area contributed by atoms with Crippen molar-refractivity contribution in [3.05, 3.63) is 24.0 Å². The summed E-state index contributed by atoms with van der Waals surface area (Å²) < 4.78 is 0. The lowest BCUT2D eigenvalue weighted by molar-refractivity contribution is -0.141. The maximum Gasteiger partial charge on any atom is 0.306 e. The number of carbonyl (C=O) groups is 1. The Kier molecular flexibility index (Phi) is 4.37. The summed E-state index contributed by atoms with van der Waals surface area (Å²) >= 11 is 0. The minimum atomic E-state index is -0.719. The van der Waals surface area contributed by atoms with Crippen LogP contribution in [0, 0.1) is 5.92 Å². The Morgan fingerprint density at radius 3 is 2.93 bits per heavy atom. The Morgan fingerprint density at radius 2 is 2.40 bits per heavy atom. The number of nitrogens with zero attached hydrogens (tertiary/aromatic N) is 1. The molecule has 0 bridgehead atoms. The van der Waals surface area contributed by atoms with E-state index in [9.17, 15) is 4.79 Å². The molecular formula is C11H18N2O2. The third-order valence-corrected chi connectivity index (χ3v) is 2.47. The number of aromatic amines is 1. The van der Waals surface area contributed by atoms with Gasteiger partial charge >= 0.3 is 5.97 Å². The Bertz CT molecular complexity index is 296. The first-order valence-corrected chi connectivity index (χ1v) is 5.13. The SMILES string of the molecule is CC(CCN(C)Cc1ccc[nH]1)C(=O)O. The Labute approximate surface area is 89.9 Å². The summed E-state index contributed by atoms with van der Waals surface area (Å²) in [6.45, 7) is 3.37. The van der Waals surface area contributed by atoms with Crippen molar-refractivity contribution in [3.63, 3.8) is 0 Å². The van der Waals surface area contributed by atoms with Crippen LogP contribution >= 0.6 is 0 Å². The third-order valence-electron chi connectivity index (χ3n) is 2.47. The predicted octanol–water partition coefficient (Wildman–Crippen LogP) is 1.56. The highest BCUT2D eigenvalue weighted by atomic mass is 16.4. The second-order valence-corrected chi connectivity index (χ2v) is 3.96. The van der Waals surface area contributed by atoms with Crippen LogP contribution in [-0.4, -0.2) is 34.6 Å². The largest absolute Gasteiger partial charge is 0.481 e. The van der Waals surface area contributed by atoms with Crippen molar-refractivity contribution in [2.75, 3.05) is 13.6 Å². The molecule has 1 heterocycles. The molecule has 0 saturated heterocycles. The fraction of sp³-hybridized carbons (Fsp3) is 0.545. The first-order chi connectivity index (χ1) is 7.09. The number of aliphatic carboxylic acids is 1. The zero-order valence-electron chi connectivity index (χ0n) is 9.23. The van der Waals surface area contributed by atoms with Crippen molar-refractivity contribution in [1.82, 2.24) is 9.88 Å². The molecule has 1 atom stereocenters. The van der Waals surface area contributed by atoms with Gasteiger partial charge in [-0.15, -0.1) is 0 Å². The lowest BCUT2D eigenvalue weighted by atomic mass is 10.1. The molecule has 2 N–H and O–H groups in total. The minimum absolute atomic E-state index is 0.268. The van der Waals surface area contributed by atoms with Gasteiger partial charge in [0.05, 0.1) is 5.92 Å². The zero-order chi connectivity index (χ0) is 11.3. The van der Waals surface area contributed by atoms with Gasteiger partial charge in [0.2, 0.25) is 0 Å². The lowest BCUT2D eigenvalue weighted by Crippen LogP contribution is -2.23. The number of hydrogen-bond donors (Lipinski definition) is 2. The molecule has 0 aliphatic rings. The van der Waals surface area contributed by atoms with Crippen LogP contribution in [0.25, 0.3) is 0 Å². The van der Waals surface area contributed by atoms with Gasteiger partial charge in [-0.2, -0.15) is 0 Å². The van der Waals surface area contributed by atoms with Gasteiger partial charge in [0.25, 0.3) is 0 Å². The van der Waals surface area contributed by atoms with Gasteiger partial charge in [-0.3, -0.25) is 4.79 Å². The van der Waals surface area contributed by atoms with Crippen LogP contribution in [0.4, 0.5) is 0 Å². The molecule has 1 rings (SSSR count). The topological polar surface area (TPSA) is 56.3 Å². The van der Waals surface area contributed by atoms with E-state index in [-0.39, 0.29) is 5.92 Å². The number of rotatable bonds is 6. The molecule has 0 saturated carbocycles. The van der Waals surface area contributed by atoms with Gasteiger partial charge in [-0.1, -0.05) is 6.92 Å². The fourth-order valence-electron chi connectivity index (χ4n) is 1.37. The molecule has 0 radical (unpaired) electrons. The van der Waals surface area contributed by atoms with Crippen molar-refractivity contribution < 1.29 is 9.90 Å². The Morgan fingerprint density at radius 1 is 1.67 bits per heavy atom. The van der Waals surface area contributed by atoms with Gasteiger partial charge in [-0.25, -0.2) is 0 Å². The molecule has 4 nitrogen and oxygen atoms in total. The number of aromatic nitrogens is 1. The van der Waals surface area contributed by atoms with Crippen molar-refractivity contribution in [3.8, 4) is 0 Å². The van der Waals surface area contributed by atoms with Gasteiger partial charge in [0.15, 0.2) is 0 Å². The van der Waals surface area contributed by atoms with E-state index in [1.54, 1.807) is 6.92 Å². The summed E-state index contributed by atoms with van der Waals surface area (Å²) in [4.78, 5) is 15.8. The summed E-state index contributed by atoms with van der Waals surface area (Å²) in [7, 11) is 2.00. The smallest absolute Gasteiger partial charge is 0.306 e. The van der Waals surface area contributed by atoms with E-state index < -0.39 is 5.97 Å². The average molecular weight is 210 g/mol. The van der Waals surface area contributed by atoms with Crippen LogP contribution in [-0.2, 0) is 11.3 Å². The quantitative estimate of drug-likeness (QED) is 0.749. The van der Waals surface area contributed by atoms with Crippen LogP contribution in [0.5, 0.6) is 0 Å². The highest BCUT2D eigenvalue weighted by Gasteiger charge is 2.11. The highest BCUT2D eigenvalue weighted by Crippen LogP contribution is 2.05. The second kappa shape index (κ2) is 5.56. The van der Waals surface area contributed by atoms with Gasteiger partial charge in [-0.05, 0) is 32.1 Å². The first kappa shape index (κ1) is 11.8. The molecule has 84 valence electrons. The average Bonchev–Trinajstić information content (AvgIpc) is 2.66. The number of carboxylic acid groups (broad SMARTS) is 1. The molecule has 1 aromatic rings. The van der Waals surface area contributed by atoms with E-state index in [1.807, 2.05) is 25.4 Å². The number of hydrogen-bond acceptors (Lipinski definition) is 2. The highest BCUT2D eigenvalue weighted by molar-refractivity contribution is 5.69. The van der Waals surface area contributed by atoms with Crippen molar-refractivity contribution >= 4 is 5.97 Å². The van der Waals surface area contributed by atoms with Gasteiger partial charge < -0.3 is 15.0 Å². The molecule has 0 fully saturated rings. The van der Waals surface area contributed by atoms with E-state index in [4.69, 9.17) is 5.11 Å². The minimum Gasteiger partial charge on any atom is -0.481 e. The summed E-state index contributed by atoms with van der Waals surface area (Å²) in [5.41, 5.74) is 1.15. The summed E-state index contributed by atoms with van der Waals surface area (Å²) in [5.74, 6) is -0.987. The van der Waals surface area contributed by atoms with Gasteiger partial charge in [0.1, 0.15) is 0 Å². The van der Waals surface area contributed by atoms with Crippen molar-refractivity contribution in [1.29, 1.82) is 0 Å². The zero-order valence-corrected chi connectivity index (χ0v) is 9.23. The maximum atomic E-state index is 10.6. The molecule has 0 amide bonds. The van der Waals surface area contributed by atoms with E-state index >= 15 is 0 Å². The fourth-order valence-corrected chi connectivity index (χ4v) is 1.37. The molecule has 0 aromatic carbocycles. The first-order valence-electron chi connectivity index (χ1n) is 5.13. The van der Waals surface area contributed by atoms with E-state index in [1.165, 1.54) is 0 Å². The van der Waals surface area contributed by atoms with Crippen molar-refractivity contribution in [2.45, 2.75) is 19.9 Å². The molecule has 4 heteroatoms. The summed E-state index contributed by atoms with van der Waals surface area (Å²) in [6.07, 6.45) is 2.58. The van der Waals surface area contributed by atoms with Crippen LogP contribution < -0.4 is 0 Å². The van der Waals surface area contributed by atoms with Gasteiger partial charge in [0, 0.05) is 18.4 Å². The predicted molar refractivity (Wildman–Crippen MR) is 58.5 cm³/mol. The normalized spacial score (nSPS) is 13.0. The molecule has 0 aliphatic carbocycles. The van der Waals surface area contributed by atoms with E-state index in [0.29, 0.717) is 6.42 Å². The second-order valence-electron chi connectivity index (χ2n) is 3.96. The standard InChI is InChI=1S/C11H18N2O2/c1-9(11(14)15)5-7-13(2)8-10-4-3-6-12-10/h3-4,6,9,12H,5,7-8H2,1-2H3,(H,14,15). The Hall–Kier alpha value is -1.29. The third kappa shape index (κ3) is 4.16. The van der Waals surface area contributed by atoms with E-state index in [2.05, 4.69) is 9.88 Å². The van der Waals surface area contributed by atoms with Crippen LogP contribution in [0.2, 0.25) is 0 Å². The maximum absolute atomic E-state index is 10.6. The number of H-pyrrole nitrogens is 1. The Balaban J connectivity index is 2.25. The van der Waals surface area contributed by atoms with Crippen LogP contribution in [0.3, 0.4) is 0 Å². The summed E-state index contributed by atoms with van der Waals surface area (Å²) in [6, 6.07) is 3.99. The van der Waals surface area contributed by atoms with E-state index in [0.717, 1.165) is 18.8 Å². The molecular weight excluding hydrogens is 192 g/mol. The lowest BCUT2D eigenvalue weighted by Gasteiger charge is -2.16. The molecule has 15 heavy (non-hydrogen) atoms. The number of carboxylic acids is 1. The number of nitrogens with one attached hydrogen (secondary N) is 1. The summed E-state index contributed by atoms with van der Waals surface area (Å²) in [5, 5.41) is 8.73. The van der Waals surface area contributed by atoms with Crippen LogP contribution in [0.15, 0.2) is 18.3 Å². The molecule has 0 spiro atoms. The molecule has 1 aromatic heterocycles. The molecule has 1 unspecified atom stereocenters.